The predicted molar refractivity (Wildman–Crippen MR) is 88.7 cm³/mol. The van der Waals surface area contributed by atoms with Gasteiger partial charge in [0.25, 0.3) is 0 Å². The van der Waals surface area contributed by atoms with Crippen molar-refractivity contribution in [2.24, 2.45) is 0 Å². The van der Waals surface area contributed by atoms with E-state index in [1.807, 2.05) is 18.0 Å². The Morgan fingerprint density at radius 1 is 1.36 bits per heavy atom. The quantitative estimate of drug-likeness (QED) is 0.893. The molecule has 1 amide bonds. The molecule has 5 nitrogen and oxygen atoms in total. The molecule has 6 heteroatoms. The van der Waals surface area contributed by atoms with Gasteiger partial charge in [0.1, 0.15) is 5.75 Å². The molecular weight excluding hydrogens is 302 g/mol. The lowest BCUT2D eigenvalue weighted by molar-refractivity contribution is -0.132. The lowest BCUT2D eigenvalue weighted by Gasteiger charge is -2.29. The first-order chi connectivity index (χ1) is 10.2. The van der Waals surface area contributed by atoms with Crippen LogP contribution in [0.3, 0.4) is 0 Å². The molecule has 2 aliphatic heterocycles. The number of piperazine rings is 1. The van der Waals surface area contributed by atoms with Crippen LogP contribution in [0, 0.1) is 0 Å². The van der Waals surface area contributed by atoms with Gasteiger partial charge in [-0.1, -0.05) is 12.1 Å². The zero-order valence-electron chi connectivity index (χ0n) is 13.0. The molecule has 22 heavy (non-hydrogen) atoms. The summed E-state index contributed by atoms with van der Waals surface area (Å²) in [5.41, 5.74) is 2.53. The van der Waals surface area contributed by atoms with E-state index in [1.165, 1.54) is 11.1 Å². The number of nitrogens with one attached hydrogen (secondary N) is 1. The molecule has 3 rings (SSSR count). The average Bonchev–Trinajstić information content (AvgIpc) is 2.95. The second-order valence-corrected chi connectivity index (χ2v) is 5.84. The molecule has 0 spiro atoms. The van der Waals surface area contributed by atoms with Gasteiger partial charge >= 0.3 is 0 Å². The Hall–Kier alpha value is -1.30. The van der Waals surface area contributed by atoms with E-state index in [9.17, 15) is 4.79 Å². The van der Waals surface area contributed by atoms with Gasteiger partial charge in [-0.3, -0.25) is 9.69 Å². The maximum atomic E-state index is 12.2. The number of likely N-dealkylation sites (N-methyl/N-ethyl adjacent to an activating group) is 1. The number of fused-ring (bicyclic) bond motifs is 1. The Morgan fingerprint density at radius 2 is 2.14 bits per heavy atom. The Kier molecular flexibility index (Phi) is 6.06. The molecule has 2 heterocycles. The number of hydrogen-bond acceptors (Lipinski definition) is 4. The summed E-state index contributed by atoms with van der Waals surface area (Å²) in [7, 11) is 2.00. The zero-order chi connectivity index (χ0) is 14.7. The van der Waals surface area contributed by atoms with E-state index in [1.54, 1.807) is 0 Å². The van der Waals surface area contributed by atoms with Gasteiger partial charge in [-0.2, -0.15) is 0 Å². The van der Waals surface area contributed by atoms with Gasteiger partial charge in [-0.05, 0) is 24.2 Å². The first-order valence-electron chi connectivity index (χ1n) is 7.64. The minimum absolute atomic E-state index is 0. The van der Waals surface area contributed by atoms with Crippen molar-refractivity contribution in [3.63, 3.8) is 0 Å². The van der Waals surface area contributed by atoms with Crippen molar-refractivity contribution >= 4 is 18.3 Å². The van der Waals surface area contributed by atoms with Crippen LogP contribution in [0.15, 0.2) is 18.2 Å². The standard InChI is InChI=1S/C16H23N3O2.ClH/c1-18(12-16(20)19-7-5-17-6-8-19)11-13-2-3-15-14(10-13)4-9-21-15;/h2-3,10,17H,4-9,11-12H2,1H3;1H. The van der Waals surface area contributed by atoms with Crippen LogP contribution in [0.1, 0.15) is 11.1 Å². The summed E-state index contributed by atoms with van der Waals surface area (Å²) in [6, 6.07) is 6.34. The van der Waals surface area contributed by atoms with Crippen molar-refractivity contribution in [1.29, 1.82) is 0 Å². The van der Waals surface area contributed by atoms with Crippen LogP contribution in [0.2, 0.25) is 0 Å². The lowest BCUT2D eigenvalue weighted by Crippen LogP contribution is -2.49. The molecule has 0 bridgehead atoms. The number of carbonyl (C=O) groups is 1. The van der Waals surface area contributed by atoms with Crippen molar-refractivity contribution < 1.29 is 9.53 Å². The number of halogens is 1. The summed E-state index contributed by atoms with van der Waals surface area (Å²) in [5.74, 6) is 1.24. The van der Waals surface area contributed by atoms with Gasteiger partial charge in [-0.25, -0.2) is 0 Å². The van der Waals surface area contributed by atoms with Gasteiger partial charge in [0, 0.05) is 39.1 Å². The molecule has 1 aromatic rings. The monoisotopic (exact) mass is 325 g/mol. The second kappa shape index (κ2) is 7.81. The lowest BCUT2D eigenvalue weighted by atomic mass is 10.1. The summed E-state index contributed by atoms with van der Waals surface area (Å²) in [6.07, 6.45) is 0.993. The number of amides is 1. The van der Waals surface area contributed by atoms with E-state index in [0.29, 0.717) is 6.54 Å². The second-order valence-electron chi connectivity index (χ2n) is 5.84. The molecule has 0 saturated carbocycles. The van der Waals surface area contributed by atoms with Crippen LogP contribution in [0.4, 0.5) is 0 Å². The van der Waals surface area contributed by atoms with Gasteiger partial charge in [0.15, 0.2) is 0 Å². The molecule has 2 aliphatic rings. The summed E-state index contributed by atoms with van der Waals surface area (Å²) >= 11 is 0. The highest BCUT2D eigenvalue weighted by molar-refractivity contribution is 5.85. The van der Waals surface area contributed by atoms with Crippen molar-refractivity contribution in [2.45, 2.75) is 13.0 Å². The highest BCUT2D eigenvalue weighted by Gasteiger charge is 2.18. The molecule has 1 aromatic carbocycles. The van der Waals surface area contributed by atoms with Gasteiger partial charge < -0.3 is 15.0 Å². The minimum Gasteiger partial charge on any atom is -0.493 e. The van der Waals surface area contributed by atoms with Gasteiger partial charge in [0.2, 0.25) is 5.91 Å². The number of ether oxygens (including phenoxy) is 1. The topological polar surface area (TPSA) is 44.8 Å². The molecule has 0 aromatic heterocycles. The number of benzene rings is 1. The molecule has 1 N–H and O–H groups in total. The van der Waals surface area contributed by atoms with Crippen LogP contribution >= 0.6 is 12.4 Å². The van der Waals surface area contributed by atoms with E-state index >= 15 is 0 Å². The van der Waals surface area contributed by atoms with Crippen LogP contribution in [0.25, 0.3) is 0 Å². The Balaban J connectivity index is 0.00000176. The van der Waals surface area contributed by atoms with Crippen molar-refractivity contribution in [3.8, 4) is 5.75 Å². The van der Waals surface area contributed by atoms with E-state index in [4.69, 9.17) is 4.74 Å². The van der Waals surface area contributed by atoms with Crippen LogP contribution in [-0.2, 0) is 17.8 Å². The summed E-state index contributed by atoms with van der Waals surface area (Å²) in [4.78, 5) is 16.3. The van der Waals surface area contributed by atoms with Crippen LogP contribution in [-0.4, -0.2) is 62.1 Å². The highest BCUT2D eigenvalue weighted by atomic mass is 35.5. The molecule has 1 saturated heterocycles. The van der Waals surface area contributed by atoms with E-state index in [2.05, 4.69) is 22.3 Å². The van der Waals surface area contributed by atoms with Crippen molar-refractivity contribution in [1.82, 2.24) is 15.1 Å². The number of rotatable bonds is 4. The maximum absolute atomic E-state index is 12.2. The van der Waals surface area contributed by atoms with Crippen molar-refractivity contribution in [2.75, 3.05) is 46.4 Å². The third-order valence-electron chi connectivity index (χ3n) is 4.08. The van der Waals surface area contributed by atoms with Crippen molar-refractivity contribution in [3.05, 3.63) is 29.3 Å². The first kappa shape index (κ1) is 17.1. The largest absolute Gasteiger partial charge is 0.493 e. The number of hydrogen-bond donors (Lipinski definition) is 1. The Labute approximate surface area is 138 Å². The Morgan fingerprint density at radius 3 is 2.91 bits per heavy atom. The predicted octanol–water partition coefficient (Wildman–Crippen LogP) is 0.907. The van der Waals surface area contributed by atoms with Crippen LogP contribution < -0.4 is 10.1 Å². The molecule has 0 unspecified atom stereocenters. The molecule has 122 valence electrons. The molecule has 1 fully saturated rings. The minimum atomic E-state index is 0. The normalized spacial score (nSPS) is 16.9. The van der Waals surface area contributed by atoms with E-state index in [-0.39, 0.29) is 18.3 Å². The number of nitrogens with zero attached hydrogens (tertiary/aromatic N) is 2. The zero-order valence-corrected chi connectivity index (χ0v) is 13.8. The fourth-order valence-corrected chi connectivity index (χ4v) is 2.95. The highest BCUT2D eigenvalue weighted by Crippen LogP contribution is 2.26. The SMILES string of the molecule is CN(CC(=O)N1CCNCC1)Cc1ccc2c(c1)CCO2.Cl. The smallest absolute Gasteiger partial charge is 0.236 e. The molecule has 0 radical (unpaired) electrons. The third kappa shape index (κ3) is 4.12. The van der Waals surface area contributed by atoms with Crippen LogP contribution in [0.5, 0.6) is 5.75 Å². The number of carbonyl (C=O) groups excluding carboxylic acids is 1. The van der Waals surface area contributed by atoms with E-state index in [0.717, 1.165) is 51.5 Å². The fourth-order valence-electron chi connectivity index (χ4n) is 2.95. The Bertz CT molecular complexity index is 518. The third-order valence-corrected chi connectivity index (χ3v) is 4.08. The maximum Gasteiger partial charge on any atom is 0.236 e. The first-order valence-corrected chi connectivity index (χ1v) is 7.64. The fraction of sp³-hybridized carbons (Fsp3) is 0.562. The average molecular weight is 326 g/mol. The molecular formula is C16H24ClN3O2. The van der Waals surface area contributed by atoms with Gasteiger partial charge in [0.05, 0.1) is 13.2 Å². The van der Waals surface area contributed by atoms with Gasteiger partial charge in [-0.15, -0.1) is 12.4 Å². The molecule has 0 atom stereocenters. The van der Waals surface area contributed by atoms with E-state index < -0.39 is 0 Å². The summed E-state index contributed by atoms with van der Waals surface area (Å²) in [6.45, 7) is 5.51. The molecule has 0 aliphatic carbocycles. The summed E-state index contributed by atoms with van der Waals surface area (Å²) in [5, 5.41) is 3.27. The summed E-state index contributed by atoms with van der Waals surface area (Å²) < 4.78 is 5.52.